The first-order chi connectivity index (χ1) is 15.5. The number of nitrogens with zero attached hydrogens (tertiary/aromatic N) is 4. The van der Waals surface area contributed by atoms with Crippen LogP contribution in [0.15, 0.2) is 54.7 Å². The van der Waals surface area contributed by atoms with Gasteiger partial charge in [0.05, 0.1) is 17.8 Å². The number of hydrogen-bond acceptors (Lipinski definition) is 3. The summed E-state index contributed by atoms with van der Waals surface area (Å²) in [4.78, 5) is 24.9. The van der Waals surface area contributed by atoms with Crippen molar-refractivity contribution in [3.63, 3.8) is 0 Å². The molecule has 1 aromatic carbocycles. The van der Waals surface area contributed by atoms with Crippen LogP contribution in [0.4, 0.5) is 4.79 Å². The Hall–Kier alpha value is -2.40. The standard InChI is InChI=1S/C27H36N4O/c1-29(2)27(23-11-4-3-5-12-23)16-14-26(15-17-27)21-30(20-24-13-6-7-18-28-24)25(32)31(26)19-22-9-8-10-22/h3-7,11-13,18,22H,8-10,14-17,19-21H2,1-2H3/t26-,27-. The van der Waals surface area contributed by atoms with Crippen molar-refractivity contribution in [1.29, 1.82) is 0 Å². The molecular formula is C27H36N4O. The molecule has 1 aromatic heterocycles. The third-order valence-electron chi connectivity index (χ3n) is 8.48. The molecule has 32 heavy (non-hydrogen) atoms. The number of benzene rings is 1. The van der Waals surface area contributed by atoms with E-state index in [1.165, 1.54) is 24.8 Å². The fourth-order valence-corrected chi connectivity index (χ4v) is 6.20. The number of carbonyl (C=O) groups excluding carboxylic acids is 1. The number of amides is 2. The highest BCUT2D eigenvalue weighted by atomic mass is 16.2. The van der Waals surface area contributed by atoms with E-state index < -0.39 is 0 Å². The van der Waals surface area contributed by atoms with Gasteiger partial charge in [-0.15, -0.1) is 0 Å². The molecule has 2 heterocycles. The zero-order valence-corrected chi connectivity index (χ0v) is 19.5. The molecule has 1 saturated heterocycles. The molecular weight excluding hydrogens is 396 g/mol. The molecule has 0 unspecified atom stereocenters. The Labute approximate surface area is 192 Å². The lowest BCUT2D eigenvalue weighted by Crippen LogP contribution is -2.56. The average Bonchev–Trinajstić information content (AvgIpc) is 3.03. The normalized spacial score (nSPS) is 28.5. The van der Waals surface area contributed by atoms with Crippen LogP contribution in [0, 0.1) is 5.92 Å². The van der Waals surface area contributed by atoms with Gasteiger partial charge in [-0.2, -0.15) is 0 Å². The molecule has 170 valence electrons. The van der Waals surface area contributed by atoms with E-state index in [4.69, 9.17) is 0 Å². The van der Waals surface area contributed by atoms with Crippen molar-refractivity contribution >= 4 is 6.03 Å². The number of rotatable bonds is 6. The molecule has 0 radical (unpaired) electrons. The fourth-order valence-electron chi connectivity index (χ4n) is 6.20. The molecule has 0 atom stereocenters. The van der Waals surface area contributed by atoms with E-state index in [2.05, 4.69) is 64.1 Å². The van der Waals surface area contributed by atoms with Crippen molar-refractivity contribution in [2.45, 2.75) is 62.6 Å². The van der Waals surface area contributed by atoms with Crippen molar-refractivity contribution < 1.29 is 4.79 Å². The van der Waals surface area contributed by atoms with Crippen molar-refractivity contribution in [2.75, 3.05) is 27.2 Å². The monoisotopic (exact) mass is 432 g/mol. The van der Waals surface area contributed by atoms with Gasteiger partial charge >= 0.3 is 6.03 Å². The fraction of sp³-hybridized carbons (Fsp3) is 0.556. The minimum absolute atomic E-state index is 0.0459. The second-order valence-electron chi connectivity index (χ2n) is 10.4. The van der Waals surface area contributed by atoms with Gasteiger partial charge in [0.25, 0.3) is 0 Å². The van der Waals surface area contributed by atoms with Crippen LogP contribution in [0.2, 0.25) is 0 Å². The van der Waals surface area contributed by atoms with Crippen LogP contribution in [0.3, 0.4) is 0 Å². The van der Waals surface area contributed by atoms with E-state index in [0.29, 0.717) is 12.5 Å². The SMILES string of the molecule is CN(C)[C@]1(c2ccccc2)CC[C@@]2(CC1)CN(Cc1ccccn1)C(=O)N2CC1CCC1. The Kier molecular flexibility index (Phi) is 5.70. The smallest absolute Gasteiger partial charge is 0.317 e. The summed E-state index contributed by atoms with van der Waals surface area (Å²) in [5, 5.41) is 0. The lowest BCUT2D eigenvalue weighted by molar-refractivity contribution is 0.0159. The molecule has 1 spiro atoms. The van der Waals surface area contributed by atoms with Crippen LogP contribution in [0.5, 0.6) is 0 Å². The minimum atomic E-state index is -0.0459. The van der Waals surface area contributed by atoms with Crippen molar-refractivity contribution in [3.8, 4) is 0 Å². The Morgan fingerprint density at radius 1 is 1.00 bits per heavy atom. The van der Waals surface area contributed by atoms with Gasteiger partial charge < -0.3 is 9.80 Å². The molecule has 0 N–H and O–H groups in total. The van der Waals surface area contributed by atoms with Crippen LogP contribution < -0.4 is 0 Å². The third-order valence-corrected chi connectivity index (χ3v) is 8.48. The lowest BCUT2D eigenvalue weighted by atomic mass is 9.68. The topological polar surface area (TPSA) is 39.7 Å². The highest BCUT2D eigenvalue weighted by molar-refractivity contribution is 5.78. The molecule has 2 saturated carbocycles. The maximum atomic E-state index is 13.6. The van der Waals surface area contributed by atoms with Gasteiger partial charge in [-0.05, 0) is 76.2 Å². The largest absolute Gasteiger partial charge is 0.320 e. The maximum absolute atomic E-state index is 13.6. The summed E-state index contributed by atoms with van der Waals surface area (Å²) >= 11 is 0. The number of carbonyl (C=O) groups is 1. The van der Waals surface area contributed by atoms with E-state index in [0.717, 1.165) is 44.5 Å². The predicted molar refractivity (Wildman–Crippen MR) is 127 cm³/mol. The predicted octanol–water partition coefficient (Wildman–Crippen LogP) is 4.89. The number of hydrogen-bond donors (Lipinski definition) is 0. The van der Waals surface area contributed by atoms with Crippen molar-refractivity contribution in [1.82, 2.24) is 19.7 Å². The molecule has 1 aliphatic heterocycles. The highest BCUT2D eigenvalue weighted by Gasteiger charge is 2.54. The van der Waals surface area contributed by atoms with Gasteiger partial charge in [-0.25, -0.2) is 4.79 Å². The van der Waals surface area contributed by atoms with Gasteiger partial charge in [0.1, 0.15) is 0 Å². The van der Waals surface area contributed by atoms with Crippen LogP contribution in [-0.2, 0) is 12.1 Å². The summed E-state index contributed by atoms with van der Waals surface area (Å²) in [6.45, 7) is 2.37. The molecule has 3 fully saturated rings. The molecule has 2 amide bonds. The van der Waals surface area contributed by atoms with Gasteiger partial charge in [0, 0.05) is 24.8 Å². The summed E-state index contributed by atoms with van der Waals surface area (Å²) in [7, 11) is 4.43. The maximum Gasteiger partial charge on any atom is 0.320 e. The van der Waals surface area contributed by atoms with Crippen molar-refractivity contribution in [2.24, 2.45) is 5.92 Å². The molecule has 3 aliphatic rings. The molecule has 5 rings (SSSR count). The second-order valence-corrected chi connectivity index (χ2v) is 10.4. The Morgan fingerprint density at radius 2 is 1.72 bits per heavy atom. The zero-order chi connectivity index (χ0) is 22.2. The molecule has 5 heteroatoms. The Balaban J connectivity index is 1.40. The number of pyridine rings is 1. The first-order valence-corrected chi connectivity index (χ1v) is 12.2. The first kappa shape index (κ1) is 21.4. The van der Waals surface area contributed by atoms with E-state index in [1.807, 2.05) is 24.4 Å². The van der Waals surface area contributed by atoms with Crippen LogP contribution in [-0.4, -0.2) is 58.4 Å². The number of urea groups is 1. The Morgan fingerprint density at radius 3 is 2.31 bits per heavy atom. The van der Waals surface area contributed by atoms with Crippen LogP contribution in [0.25, 0.3) is 0 Å². The zero-order valence-electron chi connectivity index (χ0n) is 19.5. The lowest BCUT2D eigenvalue weighted by Gasteiger charge is -2.51. The molecule has 2 aromatic rings. The van der Waals surface area contributed by atoms with E-state index >= 15 is 0 Å². The average molecular weight is 433 g/mol. The van der Waals surface area contributed by atoms with E-state index in [-0.39, 0.29) is 17.1 Å². The summed E-state index contributed by atoms with van der Waals surface area (Å²) in [5.74, 6) is 0.681. The summed E-state index contributed by atoms with van der Waals surface area (Å²) < 4.78 is 0. The molecule has 5 nitrogen and oxygen atoms in total. The van der Waals surface area contributed by atoms with Crippen LogP contribution in [0.1, 0.15) is 56.2 Å². The molecule has 0 bridgehead atoms. The van der Waals surface area contributed by atoms with E-state index in [9.17, 15) is 4.79 Å². The highest BCUT2D eigenvalue weighted by Crippen LogP contribution is 2.49. The number of aromatic nitrogens is 1. The van der Waals surface area contributed by atoms with Crippen LogP contribution >= 0.6 is 0 Å². The summed E-state index contributed by atoms with van der Waals surface area (Å²) in [6.07, 6.45) is 9.94. The van der Waals surface area contributed by atoms with Gasteiger partial charge in [-0.3, -0.25) is 9.88 Å². The minimum Gasteiger partial charge on any atom is -0.317 e. The van der Waals surface area contributed by atoms with Gasteiger partial charge in [0.2, 0.25) is 0 Å². The van der Waals surface area contributed by atoms with E-state index in [1.54, 1.807) is 0 Å². The second kappa shape index (κ2) is 8.51. The van der Waals surface area contributed by atoms with Gasteiger partial charge in [-0.1, -0.05) is 42.8 Å². The van der Waals surface area contributed by atoms with Crippen molar-refractivity contribution in [3.05, 3.63) is 66.0 Å². The summed E-state index contributed by atoms with van der Waals surface area (Å²) in [5.41, 5.74) is 2.38. The molecule has 2 aliphatic carbocycles. The first-order valence-electron chi connectivity index (χ1n) is 12.2. The Bertz CT molecular complexity index is 917. The van der Waals surface area contributed by atoms with Gasteiger partial charge in [0.15, 0.2) is 0 Å². The summed E-state index contributed by atoms with van der Waals surface area (Å²) in [6, 6.07) is 17.2. The third kappa shape index (κ3) is 3.71. The quantitative estimate of drug-likeness (QED) is 0.652.